The monoisotopic (exact) mass is 736 g/mol. The van der Waals surface area contributed by atoms with E-state index in [0.29, 0.717) is 0 Å². The molecule has 2 aromatic carbocycles. The van der Waals surface area contributed by atoms with Crippen molar-refractivity contribution in [1.82, 2.24) is 0 Å². The van der Waals surface area contributed by atoms with Gasteiger partial charge >= 0.3 is 37.9 Å². The first-order valence-corrected chi connectivity index (χ1v) is 33.2. The minimum atomic E-state index is -1.32. The molecule has 0 N–H and O–H groups in total. The molecule has 6 heteroatoms. The van der Waals surface area contributed by atoms with E-state index < -0.39 is 44.1 Å². The Balaban J connectivity index is 0.00000118. The van der Waals surface area contributed by atoms with E-state index in [1.54, 1.807) is 37.3 Å². The van der Waals surface area contributed by atoms with Crippen LogP contribution in [0.15, 0.2) is 54.6 Å². The average Bonchev–Trinajstić information content (AvgIpc) is 3.56. The van der Waals surface area contributed by atoms with Gasteiger partial charge in [-0.3, -0.25) is 0 Å². The molecule has 6 atom stereocenters. The molecular weight excluding hydrogens is 679 g/mol. The van der Waals surface area contributed by atoms with Crippen LogP contribution < -0.4 is 0 Å². The van der Waals surface area contributed by atoms with Gasteiger partial charge in [0.25, 0.3) is 0 Å². The molecule has 3 saturated carbocycles. The molecule has 0 heterocycles. The van der Waals surface area contributed by atoms with Gasteiger partial charge in [-0.1, -0.05) is 145 Å². The number of halogens is 2. The van der Waals surface area contributed by atoms with Gasteiger partial charge in [-0.15, -0.1) is 0 Å². The molecule has 234 valence electrons. The molecule has 2 aromatic rings. The second-order valence-corrected chi connectivity index (χ2v) is 41.1. The van der Waals surface area contributed by atoms with Gasteiger partial charge in [-0.05, 0) is 64.3 Å². The second-order valence-electron chi connectivity index (χ2n) is 15.7. The van der Waals surface area contributed by atoms with Crippen LogP contribution in [-0.2, 0) is 20.8 Å². The third-order valence-corrected chi connectivity index (χ3v) is 34.5. The van der Waals surface area contributed by atoms with Crippen molar-refractivity contribution in [3.63, 3.8) is 0 Å². The van der Waals surface area contributed by atoms with E-state index in [4.69, 9.17) is 17.0 Å². The molecule has 5 rings (SSSR count). The number of fused-ring (bicyclic) bond motifs is 1. The number of rotatable bonds is 7. The van der Waals surface area contributed by atoms with Crippen LogP contribution in [0.3, 0.4) is 0 Å². The van der Waals surface area contributed by atoms with E-state index in [2.05, 4.69) is 100 Å². The summed E-state index contributed by atoms with van der Waals surface area (Å²) in [5.74, 6) is 3.74. The maximum atomic E-state index is 4.93. The van der Waals surface area contributed by atoms with Crippen molar-refractivity contribution in [3.8, 4) is 11.1 Å². The van der Waals surface area contributed by atoms with Crippen LogP contribution in [0.2, 0.25) is 63.0 Å². The van der Waals surface area contributed by atoms with E-state index in [1.807, 2.05) is 0 Å². The molecular formula is C36H60Cl2Si3Zr. The maximum absolute atomic E-state index is 4.93. The van der Waals surface area contributed by atoms with Gasteiger partial charge in [0.15, 0.2) is 0 Å². The summed E-state index contributed by atoms with van der Waals surface area (Å²) in [5.41, 5.74) is 6.74. The molecule has 0 aliphatic heterocycles. The Morgan fingerprint density at radius 2 is 1.31 bits per heavy atom. The van der Waals surface area contributed by atoms with Crippen molar-refractivity contribution in [2.75, 3.05) is 0 Å². The van der Waals surface area contributed by atoms with Crippen LogP contribution in [0.4, 0.5) is 0 Å². The fraction of sp³-hybridized carbons (Fsp3) is 0.611. The fourth-order valence-corrected chi connectivity index (χ4v) is 25.7. The van der Waals surface area contributed by atoms with Crippen molar-refractivity contribution in [3.05, 3.63) is 75.0 Å². The Morgan fingerprint density at radius 1 is 0.690 bits per heavy atom. The fourth-order valence-electron chi connectivity index (χ4n) is 9.57. The molecule has 0 spiro atoms. The van der Waals surface area contributed by atoms with E-state index in [0.717, 1.165) is 34.8 Å². The van der Waals surface area contributed by atoms with Gasteiger partial charge in [0.2, 0.25) is 0 Å². The topological polar surface area (TPSA) is 0 Å². The Hall–Kier alpha value is 0.554. The minimum absolute atomic E-state index is 0. The van der Waals surface area contributed by atoms with Crippen molar-refractivity contribution < 1.29 is 20.8 Å². The van der Waals surface area contributed by atoms with Gasteiger partial charge in [-0.25, -0.2) is 0 Å². The summed E-state index contributed by atoms with van der Waals surface area (Å²) in [4.78, 5) is 0. The molecule has 0 radical (unpaired) electrons. The Kier molecular flexibility index (Phi) is 15.1. The molecule has 0 nitrogen and oxygen atoms in total. The van der Waals surface area contributed by atoms with E-state index in [9.17, 15) is 0 Å². The molecule has 0 bridgehead atoms. The zero-order valence-electron chi connectivity index (χ0n) is 28.3. The Labute approximate surface area is 283 Å². The number of hydrogen-bond donors (Lipinski definition) is 0. The van der Waals surface area contributed by atoms with Crippen LogP contribution in [-0.4, -0.2) is 23.3 Å². The summed E-state index contributed by atoms with van der Waals surface area (Å²) in [6, 6.07) is 22.2. The standard InChI is InChI=1S/C34H54Si3.2CH3.2ClH.Zr/c1-35(2,3)25-26-20-21-28(24-26)36(4,5)37(6,7)34-23-22-32-31(18-13-19-33(32)34)30-17-12-11-16-29(30)27-14-9-8-10-15-27;;;;;/h8-12,14-17,26,28,31-34H,13,18-25H2,1-7H3;2*1H3;2*1H;/q;2*-1;;;+4/p-2. The SMILES string of the molecule is C[Si](C)(C)CC1CCC([Si](C)(C)[Si](C)(C)C2CCC3C(c4ccccc4-c4ccccc4)CCCC32)C1.[CH3-].[CH3-].[Cl][Zr+2][Cl]. The summed E-state index contributed by atoms with van der Waals surface area (Å²) in [6.07, 6.45) is 12.1. The molecule has 42 heavy (non-hydrogen) atoms. The van der Waals surface area contributed by atoms with Gasteiger partial charge in [-0.2, -0.15) is 0 Å². The van der Waals surface area contributed by atoms with Crippen molar-refractivity contribution >= 4 is 40.3 Å². The molecule has 0 saturated heterocycles. The summed E-state index contributed by atoms with van der Waals surface area (Å²) < 4.78 is 0. The number of benzene rings is 2. The first kappa shape index (κ1) is 38.7. The van der Waals surface area contributed by atoms with E-state index in [1.165, 1.54) is 36.8 Å². The van der Waals surface area contributed by atoms with Crippen LogP contribution >= 0.6 is 17.0 Å². The van der Waals surface area contributed by atoms with Gasteiger partial charge in [0, 0.05) is 23.3 Å². The van der Waals surface area contributed by atoms with Crippen molar-refractivity contribution in [1.29, 1.82) is 0 Å². The molecule has 6 unspecified atom stereocenters. The zero-order chi connectivity index (χ0) is 29.1. The van der Waals surface area contributed by atoms with Crippen molar-refractivity contribution in [2.45, 2.75) is 120 Å². The van der Waals surface area contributed by atoms with Crippen molar-refractivity contribution in [2.24, 2.45) is 17.8 Å². The summed E-state index contributed by atoms with van der Waals surface area (Å²) in [7, 11) is 6.34. The second kappa shape index (κ2) is 16.4. The van der Waals surface area contributed by atoms with Gasteiger partial charge in [0.1, 0.15) is 0 Å². The van der Waals surface area contributed by atoms with Crippen LogP contribution in [0, 0.1) is 32.6 Å². The van der Waals surface area contributed by atoms with Crippen LogP contribution in [0.5, 0.6) is 0 Å². The Morgan fingerprint density at radius 3 is 1.95 bits per heavy atom. The normalized spacial score (nSPS) is 27.5. The number of hydrogen-bond acceptors (Lipinski definition) is 0. The summed E-state index contributed by atoms with van der Waals surface area (Å²) in [5, 5.41) is 0. The van der Waals surface area contributed by atoms with E-state index in [-0.39, 0.29) is 14.9 Å². The van der Waals surface area contributed by atoms with Crippen LogP contribution in [0.25, 0.3) is 11.1 Å². The van der Waals surface area contributed by atoms with E-state index >= 15 is 0 Å². The predicted octanol–water partition coefficient (Wildman–Crippen LogP) is 13.3. The third kappa shape index (κ3) is 8.67. The first-order chi connectivity index (χ1) is 18.9. The van der Waals surface area contributed by atoms with Gasteiger partial charge in [0.05, 0.1) is 0 Å². The summed E-state index contributed by atoms with van der Waals surface area (Å²) >= 11 is -0.826. The molecule has 3 fully saturated rings. The first-order valence-electron chi connectivity index (χ1n) is 16.0. The molecule has 3 aliphatic rings. The summed E-state index contributed by atoms with van der Waals surface area (Å²) in [6.45, 7) is 19.3. The average molecular weight is 739 g/mol. The quantitative estimate of drug-likeness (QED) is 0.196. The Bertz CT molecular complexity index is 1080. The van der Waals surface area contributed by atoms with Crippen LogP contribution in [0.1, 0.15) is 62.8 Å². The molecule has 0 aromatic heterocycles. The molecule has 0 amide bonds. The zero-order valence-corrected chi connectivity index (χ0v) is 35.3. The third-order valence-electron chi connectivity index (χ3n) is 11.9. The predicted molar refractivity (Wildman–Crippen MR) is 197 cm³/mol. The van der Waals surface area contributed by atoms with Gasteiger partial charge < -0.3 is 14.9 Å². The molecule has 3 aliphatic carbocycles.